The molecule has 1 fully saturated rings. The van der Waals surface area contributed by atoms with Gasteiger partial charge in [-0.2, -0.15) is 0 Å². The van der Waals surface area contributed by atoms with Crippen LogP contribution in [0.15, 0.2) is 29.2 Å². The van der Waals surface area contributed by atoms with Gasteiger partial charge in [-0.25, -0.2) is 8.78 Å². The van der Waals surface area contributed by atoms with Gasteiger partial charge < -0.3 is 5.32 Å². The van der Waals surface area contributed by atoms with Gasteiger partial charge in [0.1, 0.15) is 0 Å². The molecule has 0 aliphatic carbocycles. The van der Waals surface area contributed by atoms with E-state index in [1.165, 1.54) is 0 Å². The molecule has 0 bridgehead atoms. The highest BCUT2D eigenvalue weighted by molar-refractivity contribution is 7.98. The van der Waals surface area contributed by atoms with E-state index in [4.69, 9.17) is 0 Å². The van der Waals surface area contributed by atoms with Gasteiger partial charge >= 0.3 is 0 Å². The molecule has 1 aliphatic heterocycles. The largest absolute Gasteiger partial charge is 0.314 e. The van der Waals surface area contributed by atoms with E-state index in [-0.39, 0.29) is 18.0 Å². The lowest BCUT2D eigenvalue weighted by Crippen LogP contribution is -2.29. The highest BCUT2D eigenvalue weighted by Crippen LogP contribution is 2.35. The predicted molar refractivity (Wildman–Crippen MR) is 67.8 cm³/mol. The Morgan fingerprint density at radius 2 is 2.06 bits per heavy atom. The molecular weight excluding hydrogens is 240 g/mol. The summed E-state index contributed by atoms with van der Waals surface area (Å²) in [5, 5.41) is 3.12. The van der Waals surface area contributed by atoms with Gasteiger partial charge in [0.15, 0.2) is 0 Å². The summed E-state index contributed by atoms with van der Waals surface area (Å²) in [6, 6.07) is 6.57. The van der Waals surface area contributed by atoms with Crippen molar-refractivity contribution in [1.29, 1.82) is 0 Å². The molecule has 1 atom stereocenters. The van der Waals surface area contributed by atoms with Crippen LogP contribution >= 0.6 is 11.8 Å². The fourth-order valence-corrected chi connectivity index (χ4v) is 2.60. The normalized spacial score (nSPS) is 20.8. The lowest BCUT2D eigenvalue weighted by Gasteiger charge is -2.21. The van der Waals surface area contributed by atoms with E-state index in [0.29, 0.717) is 0 Å². The Kier molecular flexibility index (Phi) is 4.05. The van der Waals surface area contributed by atoms with E-state index >= 15 is 0 Å². The quantitative estimate of drug-likeness (QED) is 0.826. The minimum absolute atomic E-state index is 0.0368. The highest BCUT2D eigenvalue weighted by Gasteiger charge is 2.35. The molecule has 0 spiro atoms. The van der Waals surface area contributed by atoms with Crippen LogP contribution < -0.4 is 5.32 Å². The van der Waals surface area contributed by atoms with E-state index in [1.54, 1.807) is 36.0 Å². The van der Waals surface area contributed by atoms with Gasteiger partial charge in [-0.05, 0) is 37.8 Å². The summed E-state index contributed by atoms with van der Waals surface area (Å²) in [5.41, 5.74) is 0.129. The lowest BCUT2D eigenvalue weighted by molar-refractivity contribution is -0.0213. The molecule has 0 aromatic heterocycles. The molecule has 4 heteroatoms. The number of hydrogen-bond donors (Lipinski definition) is 1. The van der Waals surface area contributed by atoms with Crippen LogP contribution in [0.3, 0.4) is 0 Å². The number of rotatable bonds is 4. The van der Waals surface area contributed by atoms with Crippen molar-refractivity contribution in [2.24, 2.45) is 0 Å². The standard InChI is InChI=1S/C13H17F2NS/c1-17-12-6-4-10(5-7-12)13(14,15)9-11-3-2-8-16-11/h4-7,11,16H,2-3,8-9H2,1H3. The van der Waals surface area contributed by atoms with Crippen LogP contribution in [-0.4, -0.2) is 18.8 Å². The Morgan fingerprint density at radius 3 is 2.59 bits per heavy atom. The fourth-order valence-electron chi connectivity index (χ4n) is 2.19. The average Bonchev–Trinajstić information content (AvgIpc) is 2.81. The first-order valence-electron chi connectivity index (χ1n) is 5.87. The third-order valence-electron chi connectivity index (χ3n) is 3.18. The zero-order chi connectivity index (χ0) is 12.3. The van der Waals surface area contributed by atoms with Crippen molar-refractivity contribution in [3.05, 3.63) is 29.8 Å². The second-order valence-corrected chi connectivity index (χ2v) is 5.31. The second kappa shape index (κ2) is 5.36. The Morgan fingerprint density at radius 1 is 1.35 bits per heavy atom. The number of benzene rings is 1. The molecular formula is C13H17F2NS. The summed E-state index contributed by atoms with van der Waals surface area (Å²) >= 11 is 1.56. The zero-order valence-electron chi connectivity index (χ0n) is 9.88. The molecule has 0 radical (unpaired) electrons. The van der Waals surface area contributed by atoms with E-state index in [0.717, 1.165) is 24.3 Å². The van der Waals surface area contributed by atoms with Crippen molar-refractivity contribution < 1.29 is 8.78 Å². The summed E-state index contributed by atoms with van der Waals surface area (Å²) in [5.74, 6) is -2.72. The van der Waals surface area contributed by atoms with Crippen LogP contribution in [0.4, 0.5) is 8.78 Å². The van der Waals surface area contributed by atoms with Crippen LogP contribution in [-0.2, 0) is 5.92 Å². The average molecular weight is 257 g/mol. The lowest BCUT2D eigenvalue weighted by atomic mass is 10.00. The summed E-state index contributed by atoms with van der Waals surface area (Å²) in [6.07, 6.45) is 3.71. The monoisotopic (exact) mass is 257 g/mol. The molecule has 1 saturated heterocycles. The van der Waals surface area contributed by atoms with Gasteiger partial charge in [0.2, 0.25) is 0 Å². The maximum Gasteiger partial charge on any atom is 0.274 e. The van der Waals surface area contributed by atoms with Gasteiger partial charge in [0.05, 0.1) is 0 Å². The van der Waals surface area contributed by atoms with Crippen LogP contribution in [0.5, 0.6) is 0 Å². The Balaban J connectivity index is 2.06. The highest BCUT2D eigenvalue weighted by atomic mass is 32.2. The molecule has 94 valence electrons. The minimum atomic E-state index is -2.72. The van der Waals surface area contributed by atoms with Crippen molar-refractivity contribution in [1.82, 2.24) is 5.32 Å². The van der Waals surface area contributed by atoms with Crippen LogP contribution in [0.2, 0.25) is 0 Å². The summed E-state index contributed by atoms with van der Waals surface area (Å²) in [7, 11) is 0. The second-order valence-electron chi connectivity index (χ2n) is 4.43. The first-order chi connectivity index (χ1) is 8.12. The van der Waals surface area contributed by atoms with Crippen LogP contribution in [0, 0.1) is 0 Å². The minimum Gasteiger partial charge on any atom is -0.314 e. The predicted octanol–water partition coefficient (Wildman–Crippen LogP) is 3.64. The number of nitrogens with one attached hydrogen (secondary N) is 1. The van der Waals surface area contributed by atoms with Crippen molar-refractivity contribution >= 4 is 11.8 Å². The summed E-state index contributed by atoms with van der Waals surface area (Å²) in [6.45, 7) is 0.867. The molecule has 1 nitrogen and oxygen atoms in total. The van der Waals surface area contributed by atoms with Crippen LogP contribution in [0.1, 0.15) is 24.8 Å². The van der Waals surface area contributed by atoms with Gasteiger partial charge in [0, 0.05) is 22.9 Å². The fraction of sp³-hybridized carbons (Fsp3) is 0.538. The van der Waals surface area contributed by atoms with Gasteiger partial charge in [0.25, 0.3) is 5.92 Å². The smallest absolute Gasteiger partial charge is 0.274 e. The van der Waals surface area contributed by atoms with E-state index in [9.17, 15) is 8.78 Å². The van der Waals surface area contributed by atoms with Crippen molar-refractivity contribution in [3.63, 3.8) is 0 Å². The molecule has 1 N–H and O–H groups in total. The molecule has 17 heavy (non-hydrogen) atoms. The SMILES string of the molecule is CSc1ccc(C(F)(F)CC2CCCN2)cc1. The number of thioether (sulfide) groups is 1. The van der Waals surface area contributed by atoms with Crippen molar-refractivity contribution in [2.75, 3.05) is 12.8 Å². The number of halogens is 2. The first kappa shape index (κ1) is 12.8. The van der Waals surface area contributed by atoms with Crippen molar-refractivity contribution in [2.45, 2.75) is 36.1 Å². The Hall–Kier alpha value is -0.610. The van der Waals surface area contributed by atoms with E-state index in [2.05, 4.69) is 5.32 Å². The van der Waals surface area contributed by atoms with Gasteiger partial charge in [-0.1, -0.05) is 12.1 Å². The summed E-state index contributed by atoms with van der Waals surface area (Å²) in [4.78, 5) is 1.02. The molecule has 0 saturated carbocycles. The third kappa shape index (κ3) is 3.19. The maximum absolute atomic E-state index is 14.0. The molecule has 1 heterocycles. The summed E-state index contributed by atoms with van der Waals surface area (Å²) < 4.78 is 28.0. The first-order valence-corrected chi connectivity index (χ1v) is 7.10. The van der Waals surface area contributed by atoms with Gasteiger partial charge in [-0.15, -0.1) is 11.8 Å². The topological polar surface area (TPSA) is 12.0 Å². The molecule has 1 unspecified atom stereocenters. The van der Waals surface area contributed by atoms with Gasteiger partial charge in [-0.3, -0.25) is 0 Å². The van der Waals surface area contributed by atoms with Crippen molar-refractivity contribution in [3.8, 4) is 0 Å². The third-order valence-corrected chi connectivity index (χ3v) is 3.92. The van der Waals surface area contributed by atoms with Crippen LogP contribution in [0.25, 0.3) is 0 Å². The Bertz CT molecular complexity index is 358. The molecule has 0 amide bonds. The number of alkyl halides is 2. The molecule has 1 aliphatic rings. The van der Waals surface area contributed by atoms with E-state index in [1.807, 2.05) is 6.26 Å². The molecule has 2 rings (SSSR count). The Labute approximate surface area is 105 Å². The van der Waals surface area contributed by atoms with E-state index < -0.39 is 5.92 Å². The number of hydrogen-bond acceptors (Lipinski definition) is 2. The zero-order valence-corrected chi connectivity index (χ0v) is 10.7. The molecule has 1 aromatic carbocycles. The molecule has 1 aromatic rings. The maximum atomic E-state index is 14.0.